The van der Waals surface area contributed by atoms with Crippen LogP contribution < -0.4 is 29.6 Å². The van der Waals surface area contributed by atoms with E-state index in [9.17, 15) is 9.59 Å². The molecule has 13 nitrogen and oxygen atoms in total. The van der Waals surface area contributed by atoms with E-state index < -0.39 is 0 Å². The Morgan fingerprint density at radius 3 is 2.67 bits per heavy atom. The number of ether oxygens (including phenoxy) is 4. The van der Waals surface area contributed by atoms with E-state index in [1.165, 1.54) is 6.33 Å². The zero-order valence-corrected chi connectivity index (χ0v) is 28.3. The van der Waals surface area contributed by atoms with Crippen LogP contribution in [0.4, 0.5) is 11.5 Å². The summed E-state index contributed by atoms with van der Waals surface area (Å²) in [7, 11) is 1.97. The highest BCUT2D eigenvalue weighted by molar-refractivity contribution is 5.94. The van der Waals surface area contributed by atoms with Crippen molar-refractivity contribution >= 4 is 34.1 Å². The lowest BCUT2D eigenvalue weighted by Crippen LogP contribution is -2.48. The molecule has 1 amide bonds. The fraction of sp³-hybridized carbons (Fsp3) is 0.543. The molecule has 3 aliphatic heterocycles. The Bertz CT molecular complexity index is 1600. The molecule has 2 N–H and O–H groups in total. The Kier molecular flexibility index (Phi) is 11.1. The number of nitrogens with zero attached hydrogens (tertiary/aromatic N) is 5. The molecule has 258 valence electrons. The maximum Gasteiger partial charge on any atom is 0.231 e. The van der Waals surface area contributed by atoms with E-state index in [2.05, 4.69) is 35.3 Å². The number of carbonyl (C=O) groups excluding carboxylic acids is 2. The van der Waals surface area contributed by atoms with Gasteiger partial charge in [-0.15, -0.1) is 0 Å². The number of amides is 1. The molecule has 3 aromatic rings. The summed E-state index contributed by atoms with van der Waals surface area (Å²) in [5, 5.41) is 7.19. The number of likely N-dealkylation sites (N-methyl/N-ethyl adjacent to an activating group) is 1. The highest BCUT2D eigenvalue weighted by Gasteiger charge is 2.26. The summed E-state index contributed by atoms with van der Waals surface area (Å²) in [6.45, 7) is 11.7. The minimum atomic E-state index is -0.241. The van der Waals surface area contributed by atoms with Crippen LogP contribution in [-0.4, -0.2) is 115 Å². The number of benzene rings is 2. The third-order valence-corrected chi connectivity index (χ3v) is 9.33. The summed E-state index contributed by atoms with van der Waals surface area (Å²) in [6, 6.07) is 7.53. The summed E-state index contributed by atoms with van der Waals surface area (Å²) in [6.07, 6.45) is 4.39. The smallest absolute Gasteiger partial charge is 0.231 e. The van der Waals surface area contributed by atoms with E-state index in [1.807, 2.05) is 38.2 Å². The average molecular weight is 662 g/mol. The van der Waals surface area contributed by atoms with Crippen LogP contribution in [0.1, 0.15) is 45.1 Å². The predicted octanol–water partition coefficient (Wildman–Crippen LogP) is 3.58. The molecule has 1 aromatic heterocycles. The zero-order chi connectivity index (χ0) is 33.5. The van der Waals surface area contributed by atoms with Crippen LogP contribution in [0.2, 0.25) is 0 Å². The lowest BCUT2D eigenvalue weighted by Gasteiger charge is -2.34. The van der Waals surface area contributed by atoms with E-state index in [4.69, 9.17) is 18.9 Å². The quantitative estimate of drug-likeness (QED) is 0.342. The molecule has 0 radical (unpaired) electrons. The Morgan fingerprint density at radius 1 is 1.04 bits per heavy atom. The molecule has 0 aliphatic carbocycles. The molecule has 3 aliphatic rings. The fourth-order valence-electron chi connectivity index (χ4n) is 6.33. The third-order valence-electron chi connectivity index (χ3n) is 9.33. The van der Waals surface area contributed by atoms with Crippen molar-refractivity contribution in [1.29, 1.82) is 0 Å². The lowest BCUT2D eigenvalue weighted by atomic mass is 10.0. The van der Waals surface area contributed by atoms with Gasteiger partial charge < -0.3 is 34.5 Å². The van der Waals surface area contributed by atoms with Gasteiger partial charge in [0, 0.05) is 77.2 Å². The van der Waals surface area contributed by atoms with Crippen LogP contribution in [0.15, 0.2) is 30.6 Å². The van der Waals surface area contributed by atoms with Gasteiger partial charge in [0.05, 0.1) is 30.5 Å². The van der Waals surface area contributed by atoms with Crippen LogP contribution in [-0.2, 0) is 16.1 Å². The SMILES string of the molecule is CC(=O)NCCN1CCN(CCCOc2cc3ncnc4c3cc2OCCCCC(=O)[C@H](C)N(C)Cc2ccc3c(c2N4)OCO3)CC1. The molecule has 0 spiro atoms. The molecule has 0 unspecified atom stereocenters. The Hall–Kier alpha value is -4.20. The molecule has 13 heteroatoms. The largest absolute Gasteiger partial charge is 0.490 e. The second-order valence-electron chi connectivity index (χ2n) is 12.7. The summed E-state index contributed by atoms with van der Waals surface area (Å²) < 4.78 is 24.3. The zero-order valence-electron chi connectivity index (χ0n) is 28.3. The molecule has 0 saturated carbocycles. The van der Waals surface area contributed by atoms with Gasteiger partial charge in [0.1, 0.15) is 17.9 Å². The number of fused-ring (bicyclic) bond motifs is 4. The first-order valence-electron chi connectivity index (χ1n) is 17.0. The van der Waals surface area contributed by atoms with E-state index >= 15 is 0 Å². The number of piperazine rings is 1. The number of Topliss-reactive ketones (excluding diaryl/α,β-unsaturated/α-hetero) is 1. The molecular formula is C35H47N7O6. The van der Waals surface area contributed by atoms with Gasteiger partial charge in [-0.05, 0) is 50.9 Å². The lowest BCUT2D eigenvalue weighted by molar-refractivity contribution is -0.123. The first-order chi connectivity index (χ1) is 23.4. The minimum absolute atomic E-state index is 0.0163. The highest BCUT2D eigenvalue weighted by Crippen LogP contribution is 2.44. The molecule has 4 heterocycles. The number of rotatable bonds is 8. The van der Waals surface area contributed by atoms with Crippen molar-refractivity contribution in [3.63, 3.8) is 0 Å². The normalized spacial score (nSPS) is 19.5. The molecule has 6 rings (SSSR count). The van der Waals surface area contributed by atoms with Crippen LogP contribution >= 0.6 is 0 Å². The molecule has 48 heavy (non-hydrogen) atoms. The highest BCUT2D eigenvalue weighted by atomic mass is 16.7. The van der Waals surface area contributed by atoms with Gasteiger partial charge in [-0.1, -0.05) is 6.07 Å². The summed E-state index contributed by atoms with van der Waals surface area (Å²) in [5.74, 6) is 3.37. The van der Waals surface area contributed by atoms with Gasteiger partial charge in [0.25, 0.3) is 0 Å². The van der Waals surface area contributed by atoms with Crippen molar-refractivity contribution in [2.45, 2.75) is 52.1 Å². The third kappa shape index (κ3) is 8.26. The number of nitrogens with one attached hydrogen (secondary N) is 2. The molecule has 2 bridgehead atoms. The Labute approximate surface area is 281 Å². The standard InChI is InChI=1S/C35H47N7O6/c1-24-29(44)7-4-5-17-45-31-19-27-28(20-32(31)46-18-6-11-41-13-15-42(16-14-41)12-10-36-25(2)43)37-22-38-35(27)39-33-26(21-40(24)3)8-9-30-34(33)48-23-47-30/h8-9,19-20,22,24H,4-7,10-18,21,23H2,1-3H3,(H,36,43)(H,37,38,39)/t24-/m0/s1. The monoisotopic (exact) mass is 661 g/mol. The predicted molar refractivity (Wildman–Crippen MR) is 182 cm³/mol. The van der Waals surface area contributed by atoms with Crippen LogP contribution in [0.5, 0.6) is 23.0 Å². The van der Waals surface area contributed by atoms with Gasteiger partial charge in [0.2, 0.25) is 12.7 Å². The van der Waals surface area contributed by atoms with E-state index in [1.54, 1.807) is 6.92 Å². The maximum atomic E-state index is 13.1. The van der Waals surface area contributed by atoms with Gasteiger partial charge in [0.15, 0.2) is 23.0 Å². The van der Waals surface area contributed by atoms with Crippen molar-refractivity contribution in [2.24, 2.45) is 0 Å². The fourth-order valence-corrected chi connectivity index (χ4v) is 6.33. The molecule has 1 saturated heterocycles. The summed E-state index contributed by atoms with van der Waals surface area (Å²) >= 11 is 0. The Morgan fingerprint density at radius 2 is 1.85 bits per heavy atom. The van der Waals surface area contributed by atoms with Crippen molar-refractivity contribution in [1.82, 2.24) is 30.0 Å². The molecule has 1 fully saturated rings. The summed E-state index contributed by atoms with van der Waals surface area (Å²) in [5.41, 5.74) is 2.44. The number of ketones is 1. The number of anilines is 2. The number of hydrogen-bond acceptors (Lipinski definition) is 12. The van der Waals surface area contributed by atoms with Crippen molar-refractivity contribution < 1.29 is 28.5 Å². The van der Waals surface area contributed by atoms with Gasteiger partial charge in [-0.2, -0.15) is 0 Å². The maximum absolute atomic E-state index is 13.1. The average Bonchev–Trinajstić information content (AvgIpc) is 3.57. The first-order valence-corrected chi connectivity index (χ1v) is 17.0. The molecular weight excluding hydrogens is 614 g/mol. The van der Waals surface area contributed by atoms with E-state index in [0.717, 1.165) is 80.7 Å². The van der Waals surface area contributed by atoms with Gasteiger partial charge in [-0.3, -0.25) is 19.4 Å². The number of hydrogen-bond donors (Lipinski definition) is 2. The molecule has 1 atom stereocenters. The van der Waals surface area contributed by atoms with Gasteiger partial charge in [-0.25, -0.2) is 9.97 Å². The second kappa shape index (κ2) is 15.8. The van der Waals surface area contributed by atoms with Crippen molar-refractivity contribution in [3.05, 3.63) is 36.2 Å². The van der Waals surface area contributed by atoms with Gasteiger partial charge >= 0.3 is 0 Å². The second-order valence-corrected chi connectivity index (χ2v) is 12.7. The van der Waals surface area contributed by atoms with Crippen LogP contribution in [0.25, 0.3) is 10.9 Å². The number of carbonyl (C=O) groups is 2. The van der Waals surface area contributed by atoms with Crippen LogP contribution in [0.3, 0.4) is 0 Å². The molecule has 2 aromatic carbocycles. The van der Waals surface area contributed by atoms with E-state index in [-0.39, 0.29) is 24.5 Å². The van der Waals surface area contributed by atoms with Crippen molar-refractivity contribution in [3.8, 4) is 23.0 Å². The topological polar surface area (TPSA) is 131 Å². The Balaban J connectivity index is 1.18. The van der Waals surface area contributed by atoms with E-state index in [0.29, 0.717) is 61.5 Å². The summed E-state index contributed by atoms with van der Waals surface area (Å²) in [4.78, 5) is 40.3. The minimum Gasteiger partial charge on any atom is -0.490 e. The van der Waals surface area contributed by atoms with Crippen LogP contribution in [0, 0.1) is 0 Å². The first kappa shape index (κ1) is 33.7. The number of aromatic nitrogens is 2. The van der Waals surface area contributed by atoms with Crippen molar-refractivity contribution in [2.75, 3.05) is 78.2 Å².